The lowest BCUT2D eigenvalue weighted by Crippen LogP contribution is -2.29. The molecule has 0 amide bonds. The smallest absolute Gasteiger partial charge is 0.237 e. The van der Waals surface area contributed by atoms with Gasteiger partial charge in [0.1, 0.15) is 0 Å². The Balaban J connectivity index is 2.71. The first-order valence-corrected chi connectivity index (χ1v) is 5.56. The number of methoxy groups -OCH3 is 1. The molecule has 1 N–H and O–H groups in total. The Morgan fingerprint density at radius 1 is 1.44 bits per heavy atom. The Morgan fingerprint density at radius 3 is 2.81 bits per heavy atom. The van der Waals surface area contributed by atoms with Gasteiger partial charge in [-0.05, 0) is 32.9 Å². The van der Waals surface area contributed by atoms with E-state index in [-0.39, 0.29) is 12.1 Å². The van der Waals surface area contributed by atoms with Crippen LogP contribution in [-0.4, -0.2) is 30.8 Å². The molecule has 0 fully saturated rings. The highest BCUT2D eigenvalue weighted by molar-refractivity contribution is 5.52. The third-order valence-electron chi connectivity index (χ3n) is 2.51. The second-order valence-electron chi connectivity index (χ2n) is 3.66. The highest BCUT2D eigenvalue weighted by Gasteiger charge is 2.13. The van der Waals surface area contributed by atoms with Crippen LogP contribution < -0.4 is 10.1 Å². The maximum atomic E-state index is 5.44. The first-order chi connectivity index (χ1) is 7.69. The van der Waals surface area contributed by atoms with Gasteiger partial charge in [0.2, 0.25) is 5.88 Å². The monoisotopic (exact) mass is 224 g/mol. The van der Waals surface area contributed by atoms with Gasteiger partial charge in [-0.3, -0.25) is 0 Å². The van der Waals surface area contributed by atoms with Crippen molar-refractivity contribution < 1.29 is 9.47 Å². The molecule has 1 aromatic rings. The summed E-state index contributed by atoms with van der Waals surface area (Å²) in [4.78, 5) is 4.18. The topological polar surface area (TPSA) is 43.4 Å². The standard InChI is InChI=1S/C12H20N2O2/c1-5-16-12-11(7-6-8-13-12)14-9(2)10(3)15-4/h6-10,14H,5H2,1-4H3. The molecule has 1 heterocycles. The number of nitrogens with zero attached hydrogens (tertiary/aromatic N) is 1. The minimum Gasteiger partial charge on any atom is -0.476 e. The van der Waals surface area contributed by atoms with Crippen LogP contribution >= 0.6 is 0 Å². The molecule has 0 saturated heterocycles. The molecule has 0 bridgehead atoms. The predicted octanol–water partition coefficient (Wildman–Crippen LogP) is 2.32. The van der Waals surface area contributed by atoms with Crippen molar-refractivity contribution in [2.45, 2.75) is 32.9 Å². The molecule has 0 aliphatic heterocycles. The molecule has 0 aliphatic carbocycles. The van der Waals surface area contributed by atoms with E-state index in [9.17, 15) is 0 Å². The lowest BCUT2D eigenvalue weighted by atomic mass is 10.2. The van der Waals surface area contributed by atoms with Crippen molar-refractivity contribution in [3.05, 3.63) is 18.3 Å². The number of ether oxygens (including phenoxy) is 2. The molecule has 16 heavy (non-hydrogen) atoms. The van der Waals surface area contributed by atoms with E-state index in [2.05, 4.69) is 17.2 Å². The van der Waals surface area contributed by atoms with Crippen LogP contribution in [0.4, 0.5) is 5.69 Å². The van der Waals surface area contributed by atoms with Crippen molar-refractivity contribution in [1.82, 2.24) is 4.98 Å². The van der Waals surface area contributed by atoms with Crippen LogP contribution in [0.5, 0.6) is 5.88 Å². The van der Waals surface area contributed by atoms with E-state index >= 15 is 0 Å². The maximum absolute atomic E-state index is 5.44. The van der Waals surface area contributed by atoms with Crippen molar-refractivity contribution in [3.8, 4) is 5.88 Å². The largest absolute Gasteiger partial charge is 0.476 e. The van der Waals surface area contributed by atoms with Crippen LogP contribution in [0.1, 0.15) is 20.8 Å². The molecule has 2 atom stereocenters. The summed E-state index contributed by atoms with van der Waals surface area (Å²) < 4.78 is 10.7. The zero-order valence-electron chi connectivity index (χ0n) is 10.4. The zero-order chi connectivity index (χ0) is 12.0. The van der Waals surface area contributed by atoms with E-state index in [4.69, 9.17) is 9.47 Å². The minimum atomic E-state index is 0.134. The summed E-state index contributed by atoms with van der Waals surface area (Å²) in [5.74, 6) is 0.639. The normalized spacial score (nSPS) is 14.2. The van der Waals surface area contributed by atoms with Gasteiger partial charge in [-0.25, -0.2) is 4.98 Å². The summed E-state index contributed by atoms with van der Waals surface area (Å²) >= 11 is 0. The fourth-order valence-electron chi connectivity index (χ4n) is 1.32. The Labute approximate surface area is 97.0 Å². The van der Waals surface area contributed by atoms with Crippen LogP contribution in [0.15, 0.2) is 18.3 Å². The lowest BCUT2D eigenvalue weighted by Gasteiger charge is -2.21. The summed E-state index contributed by atoms with van der Waals surface area (Å²) in [5, 5.41) is 3.33. The second-order valence-corrected chi connectivity index (χ2v) is 3.66. The highest BCUT2D eigenvalue weighted by atomic mass is 16.5. The van der Waals surface area contributed by atoms with Gasteiger partial charge in [-0.15, -0.1) is 0 Å². The van der Waals surface area contributed by atoms with Crippen molar-refractivity contribution in [1.29, 1.82) is 0 Å². The van der Waals surface area contributed by atoms with E-state index in [1.165, 1.54) is 0 Å². The van der Waals surface area contributed by atoms with Crippen LogP contribution in [0.2, 0.25) is 0 Å². The van der Waals surface area contributed by atoms with Gasteiger partial charge in [-0.2, -0.15) is 0 Å². The van der Waals surface area contributed by atoms with Gasteiger partial charge in [0, 0.05) is 19.3 Å². The predicted molar refractivity (Wildman–Crippen MR) is 65.0 cm³/mol. The number of aromatic nitrogens is 1. The van der Waals surface area contributed by atoms with Gasteiger partial charge >= 0.3 is 0 Å². The quantitative estimate of drug-likeness (QED) is 0.805. The van der Waals surface area contributed by atoms with E-state index < -0.39 is 0 Å². The first-order valence-electron chi connectivity index (χ1n) is 5.56. The van der Waals surface area contributed by atoms with E-state index in [1.54, 1.807) is 13.3 Å². The van der Waals surface area contributed by atoms with E-state index in [1.807, 2.05) is 26.0 Å². The third kappa shape index (κ3) is 3.38. The summed E-state index contributed by atoms with van der Waals surface area (Å²) in [6.07, 6.45) is 1.86. The van der Waals surface area contributed by atoms with Crippen molar-refractivity contribution >= 4 is 5.69 Å². The first kappa shape index (κ1) is 12.8. The number of rotatable bonds is 6. The lowest BCUT2D eigenvalue weighted by molar-refractivity contribution is 0.106. The summed E-state index contributed by atoms with van der Waals surface area (Å²) in [6, 6.07) is 4.04. The van der Waals surface area contributed by atoms with Gasteiger partial charge < -0.3 is 14.8 Å². The average molecular weight is 224 g/mol. The molecule has 0 radical (unpaired) electrons. The number of hydrogen-bond acceptors (Lipinski definition) is 4. The van der Waals surface area contributed by atoms with Gasteiger partial charge in [-0.1, -0.05) is 0 Å². The number of hydrogen-bond donors (Lipinski definition) is 1. The number of nitrogens with one attached hydrogen (secondary N) is 1. The third-order valence-corrected chi connectivity index (χ3v) is 2.51. The average Bonchev–Trinajstić information content (AvgIpc) is 2.31. The van der Waals surface area contributed by atoms with Crippen molar-refractivity contribution in [2.75, 3.05) is 19.0 Å². The van der Waals surface area contributed by atoms with Gasteiger partial charge in [0.15, 0.2) is 0 Å². The molecule has 4 nitrogen and oxygen atoms in total. The van der Waals surface area contributed by atoms with Gasteiger partial charge in [0.25, 0.3) is 0 Å². The molecule has 0 saturated carbocycles. The molecule has 0 aromatic carbocycles. The van der Waals surface area contributed by atoms with Crippen LogP contribution in [0, 0.1) is 0 Å². The SMILES string of the molecule is CCOc1ncccc1NC(C)C(C)OC. The van der Waals surface area contributed by atoms with Crippen LogP contribution in [-0.2, 0) is 4.74 Å². The highest BCUT2D eigenvalue weighted by Crippen LogP contribution is 2.22. The summed E-state index contributed by atoms with van der Waals surface area (Å²) in [7, 11) is 1.70. The summed E-state index contributed by atoms with van der Waals surface area (Å²) in [5.41, 5.74) is 0.903. The fourth-order valence-corrected chi connectivity index (χ4v) is 1.32. The van der Waals surface area contributed by atoms with Crippen molar-refractivity contribution in [2.24, 2.45) is 0 Å². The van der Waals surface area contributed by atoms with Gasteiger partial charge in [0.05, 0.1) is 18.4 Å². The van der Waals surface area contributed by atoms with E-state index in [0.717, 1.165) is 5.69 Å². The molecular formula is C12H20N2O2. The Kier molecular flexibility index (Phi) is 5.05. The van der Waals surface area contributed by atoms with E-state index in [0.29, 0.717) is 12.5 Å². The molecular weight excluding hydrogens is 204 g/mol. The molecule has 0 aliphatic rings. The Bertz CT molecular complexity index is 318. The molecule has 1 aromatic heterocycles. The van der Waals surface area contributed by atoms with Crippen LogP contribution in [0.25, 0.3) is 0 Å². The molecule has 2 unspecified atom stereocenters. The zero-order valence-corrected chi connectivity index (χ0v) is 10.4. The summed E-state index contributed by atoms with van der Waals surface area (Å²) in [6.45, 7) is 6.64. The number of anilines is 1. The maximum Gasteiger partial charge on any atom is 0.237 e. The molecule has 90 valence electrons. The number of pyridine rings is 1. The van der Waals surface area contributed by atoms with Crippen molar-refractivity contribution in [3.63, 3.8) is 0 Å². The fraction of sp³-hybridized carbons (Fsp3) is 0.583. The minimum absolute atomic E-state index is 0.134. The second kappa shape index (κ2) is 6.33. The Morgan fingerprint density at radius 2 is 2.19 bits per heavy atom. The molecule has 0 spiro atoms. The molecule has 4 heteroatoms. The Hall–Kier alpha value is -1.29. The van der Waals surface area contributed by atoms with Crippen LogP contribution in [0.3, 0.4) is 0 Å². The molecule has 1 rings (SSSR count).